The van der Waals surface area contributed by atoms with Crippen LogP contribution in [0.4, 0.5) is 5.69 Å². The van der Waals surface area contributed by atoms with E-state index in [1.165, 1.54) is 6.42 Å². The van der Waals surface area contributed by atoms with Gasteiger partial charge in [-0.15, -0.1) is 0 Å². The smallest absolute Gasteiger partial charge is 0.262 e. The SMILES string of the molecule is O=C1CCC(N2C(=O)c3ccc(N[C@@H]4C[C@H]5CN[C@@H]4C5)cc3C2=O)C(=O)N1. The fourth-order valence-corrected chi connectivity index (χ4v) is 4.79. The number of carbonyl (C=O) groups is 4. The van der Waals surface area contributed by atoms with Crippen LogP contribution < -0.4 is 16.0 Å². The van der Waals surface area contributed by atoms with Crippen molar-refractivity contribution >= 4 is 29.3 Å². The second kappa shape index (κ2) is 5.88. The molecule has 4 amide bonds. The molecule has 3 N–H and O–H groups in total. The minimum absolute atomic E-state index is 0.119. The molecule has 0 aromatic heterocycles. The first-order chi connectivity index (χ1) is 13.0. The van der Waals surface area contributed by atoms with Crippen LogP contribution in [0.1, 0.15) is 46.4 Å². The van der Waals surface area contributed by atoms with E-state index in [9.17, 15) is 19.2 Å². The summed E-state index contributed by atoms with van der Waals surface area (Å²) >= 11 is 0. The first-order valence-electron chi connectivity index (χ1n) is 9.37. The van der Waals surface area contributed by atoms with Gasteiger partial charge in [-0.3, -0.25) is 29.4 Å². The van der Waals surface area contributed by atoms with Gasteiger partial charge in [-0.05, 0) is 49.9 Å². The van der Waals surface area contributed by atoms with Crippen molar-refractivity contribution in [3.05, 3.63) is 29.3 Å². The molecule has 27 heavy (non-hydrogen) atoms. The molecule has 1 aliphatic carbocycles. The van der Waals surface area contributed by atoms with Crippen molar-refractivity contribution in [2.45, 2.75) is 43.8 Å². The number of benzene rings is 1. The Balaban J connectivity index is 1.38. The number of amides is 4. The number of nitrogens with zero attached hydrogens (tertiary/aromatic N) is 1. The quantitative estimate of drug-likeness (QED) is 0.660. The summed E-state index contributed by atoms with van der Waals surface area (Å²) in [5.74, 6) is -1.21. The van der Waals surface area contributed by atoms with E-state index < -0.39 is 23.8 Å². The fourth-order valence-electron chi connectivity index (χ4n) is 4.79. The largest absolute Gasteiger partial charge is 0.381 e. The summed E-state index contributed by atoms with van der Waals surface area (Å²) in [5, 5.41) is 9.17. The number of imide groups is 2. The van der Waals surface area contributed by atoms with Crippen molar-refractivity contribution in [1.82, 2.24) is 15.5 Å². The summed E-state index contributed by atoms with van der Waals surface area (Å²) < 4.78 is 0. The van der Waals surface area contributed by atoms with Crippen molar-refractivity contribution < 1.29 is 19.2 Å². The van der Waals surface area contributed by atoms with E-state index in [1.807, 2.05) is 6.07 Å². The summed E-state index contributed by atoms with van der Waals surface area (Å²) in [4.78, 5) is 50.0. The summed E-state index contributed by atoms with van der Waals surface area (Å²) in [5.41, 5.74) is 1.42. The van der Waals surface area contributed by atoms with Crippen molar-refractivity contribution in [1.29, 1.82) is 0 Å². The normalized spacial score (nSPS) is 32.1. The van der Waals surface area contributed by atoms with Crippen molar-refractivity contribution in [3.63, 3.8) is 0 Å². The highest BCUT2D eigenvalue weighted by Crippen LogP contribution is 2.34. The Morgan fingerprint density at radius 1 is 1.04 bits per heavy atom. The van der Waals surface area contributed by atoms with E-state index in [0.717, 1.165) is 23.6 Å². The van der Waals surface area contributed by atoms with Gasteiger partial charge in [-0.25, -0.2) is 0 Å². The third-order valence-corrected chi connectivity index (χ3v) is 6.12. The molecule has 1 unspecified atom stereocenters. The molecular weight excluding hydrogens is 348 g/mol. The van der Waals surface area contributed by atoms with Gasteiger partial charge in [0.25, 0.3) is 11.8 Å². The molecule has 1 aromatic carbocycles. The van der Waals surface area contributed by atoms with Gasteiger partial charge in [0.2, 0.25) is 11.8 Å². The van der Waals surface area contributed by atoms with Crippen molar-refractivity contribution in [2.24, 2.45) is 5.92 Å². The number of anilines is 1. The topological polar surface area (TPSA) is 108 Å². The van der Waals surface area contributed by atoms with Crippen LogP contribution in [0, 0.1) is 5.92 Å². The lowest BCUT2D eigenvalue weighted by molar-refractivity contribution is -0.136. The van der Waals surface area contributed by atoms with Gasteiger partial charge in [0, 0.05) is 24.2 Å². The van der Waals surface area contributed by atoms with Gasteiger partial charge in [0.05, 0.1) is 11.1 Å². The zero-order valence-corrected chi connectivity index (χ0v) is 14.7. The highest BCUT2D eigenvalue weighted by molar-refractivity contribution is 6.23. The standard InChI is InChI=1S/C19H20N4O4/c24-16-4-3-15(17(25)22-16)23-18(26)11-2-1-10(7-12(11)19(23)27)21-14-6-9-5-13(14)20-8-9/h1-2,7,9,13-15,20-21H,3-6,8H2,(H,22,24,25)/t9-,13+,14+,15?/m0/s1. The Hall–Kier alpha value is -2.74. The van der Waals surface area contributed by atoms with Crippen LogP contribution in [-0.4, -0.2) is 53.2 Å². The lowest BCUT2D eigenvalue weighted by atomic mass is 10.0. The molecule has 0 radical (unpaired) electrons. The van der Waals surface area contributed by atoms with Crippen LogP contribution in [0.15, 0.2) is 18.2 Å². The second-order valence-electron chi connectivity index (χ2n) is 7.81. The predicted molar refractivity (Wildman–Crippen MR) is 95.0 cm³/mol. The fraction of sp³-hybridized carbons (Fsp3) is 0.474. The van der Waals surface area contributed by atoms with Crippen LogP contribution in [0.25, 0.3) is 0 Å². The van der Waals surface area contributed by atoms with Crippen LogP contribution >= 0.6 is 0 Å². The van der Waals surface area contributed by atoms with E-state index in [4.69, 9.17) is 0 Å². The molecule has 1 aromatic rings. The van der Waals surface area contributed by atoms with Crippen LogP contribution in [0.3, 0.4) is 0 Å². The number of piperidine rings is 2. The van der Waals surface area contributed by atoms with Crippen molar-refractivity contribution in [3.8, 4) is 0 Å². The number of fused-ring (bicyclic) bond motifs is 3. The molecule has 3 aliphatic heterocycles. The Bertz CT molecular complexity index is 882. The van der Waals surface area contributed by atoms with E-state index >= 15 is 0 Å². The van der Waals surface area contributed by atoms with Gasteiger partial charge in [-0.1, -0.05) is 0 Å². The number of hydrogen-bond acceptors (Lipinski definition) is 6. The van der Waals surface area contributed by atoms with Gasteiger partial charge in [0.1, 0.15) is 6.04 Å². The molecule has 3 heterocycles. The minimum Gasteiger partial charge on any atom is -0.381 e. The monoisotopic (exact) mass is 368 g/mol. The van der Waals surface area contributed by atoms with E-state index in [2.05, 4.69) is 16.0 Å². The minimum atomic E-state index is -0.929. The molecule has 0 spiro atoms. The molecule has 8 heteroatoms. The van der Waals surface area contributed by atoms with Crippen molar-refractivity contribution in [2.75, 3.05) is 11.9 Å². The molecule has 2 saturated heterocycles. The van der Waals surface area contributed by atoms with Crippen LogP contribution in [0.5, 0.6) is 0 Å². The van der Waals surface area contributed by atoms with Gasteiger partial charge in [-0.2, -0.15) is 0 Å². The number of hydrogen-bond donors (Lipinski definition) is 3. The molecule has 4 atom stereocenters. The van der Waals surface area contributed by atoms with Crippen LogP contribution in [0.2, 0.25) is 0 Å². The van der Waals surface area contributed by atoms with Gasteiger partial charge >= 0.3 is 0 Å². The number of carbonyl (C=O) groups excluding carboxylic acids is 4. The third kappa shape index (κ3) is 2.55. The molecule has 140 valence electrons. The zero-order valence-electron chi connectivity index (χ0n) is 14.7. The highest BCUT2D eigenvalue weighted by Gasteiger charge is 2.45. The maximum atomic E-state index is 12.9. The highest BCUT2D eigenvalue weighted by atomic mass is 16.2. The Kier molecular flexibility index (Phi) is 3.58. The molecule has 3 fully saturated rings. The first kappa shape index (κ1) is 16.4. The lowest BCUT2D eigenvalue weighted by Crippen LogP contribution is -2.54. The summed E-state index contributed by atoms with van der Waals surface area (Å²) in [7, 11) is 0. The van der Waals surface area contributed by atoms with E-state index in [-0.39, 0.29) is 18.7 Å². The summed E-state index contributed by atoms with van der Waals surface area (Å²) in [6.07, 6.45) is 2.55. The Labute approximate surface area is 155 Å². The predicted octanol–water partition coefficient (Wildman–Crippen LogP) is 0.250. The maximum absolute atomic E-state index is 12.9. The summed E-state index contributed by atoms with van der Waals surface area (Å²) in [6, 6.07) is 4.99. The lowest BCUT2D eigenvalue weighted by Gasteiger charge is -2.27. The third-order valence-electron chi connectivity index (χ3n) is 6.12. The average molecular weight is 368 g/mol. The molecule has 5 rings (SSSR count). The summed E-state index contributed by atoms with van der Waals surface area (Å²) in [6.45, 7) is 1.07. The number of rotatable bonds is 3. The number of nitrogens with one attached hydrogen (secondary N) is 3. The Morgan fingerprint density at radius 3 is 2.56 bits per heavy atom. The molecule has 2 bridgehead atoms. The average Bonchev–Trinajstić information content (AvgIpc) is 3.31. The van der Waals surface area contributed by atoms with E-state index in [0.29, 0.717) is 29.1 Å². The van der Waals surface area contributed by atoms with Crippen LogP contribution in [-0.2, 0) is 9.59 Å². The zero-order chi connectivity index (χ0) is 18.7. The first-order valence-corrected chi connectivity index (χ1v) is 9.37. The van der Waals surface area contributed by atoms with E-state index in [1.54, 1.807) is 12.1 Å². The second-order valence-corrected chi connectivity index (χ2v) is 7.81. The molecule has 8 nitrogen and oxygen atoms in total. The van der Waals surface area contributed by atoms with Gasteiger partial charge in [0.15, 0.2) is 0 Å². The Morgan fingerprint density at radius 2 is 1.85 bits per heavy atom. The molecule has 4 aliphatic rings. The molecular formula is C19H20N4O4. The molecule has 1 saturated carbocycles. The maximum Gasteiger partial charge on any atom is 0.262 e. The van der Waals surface area contributed by atoms with Gasteiger partial charge < -0.3 is 10.6 Å².